The summed E-state index contributed by atoms with van der Waals surface area (Å²) < 4.78 is 0. The Labute approximate surface area is 146 Å². The fourth-order valence-electron chi connectivity index (χ4n) is 4.28. The van der Waals surface area contributed by atoms with Crippen LogP contribution in [0.3, 0.4) is 0 Å². The van der Waals surface area contributed by atoms with Gasteiger partial charge >= 0.3 is 0 Å². The van der Waals surface area contributed by atoms with E-state index in [1.807, 2.05) is 0 Å². The summed E-state index contributed by atoms with van der Waals surface area (Å²) in [5.41, 5.74) is 1.76. The molecule has 2 N–H and O–H groups in total. The van der Waals surface area contributed by atoms with Gasteiger partial charge in [-0.2, -0.15) is 0 Å². The zero-order valence-electron chi connectivity index (χ0n) is 15.0. The van der Waals surface area contributed by atoms with Crippen molar-refractivity contribution in [3.05, 3.63) is 35.9 Å². The highest BCUT2D eigenvalue weighted by molar-refractivity contribution is 5.76. The van der Waals surface area contributed by atoms with E-state index in [0.717, 1.165) is 38.9 Å². The van der Waals surface area contributed by atoms with Crippen LogP contribution in [0.2, 0.25) is 0 Å². The fourth-order valence-corrected chi connectivity index (χ4v) is 4.28. The van der Waals surface area contributed by atoms with Crippen molar-refractivity contribution in [1.82, 2.24) is 10.6 Å². The van der Waals surface area contributed by atoms with Crippen LogP contribution < -0.4 is 10.6 Å². The number of piperidine rings is 1. The molecule has 24 heavy (non-hydrogen) atoms. The predicted octanol–water partition coefficient (Wildman–Crippen LogP) is 3.86. The highest BCUT2D eigenvalue weighted by Crippen LogP contribution is 2.37. The van der Waals surface area contributed by atoms with Crippen LogP contribution in [-0.4, -0.2) is 25.5 Å². The summed E-state index contributed by atoms with van der Waals surface area (Å²) in [6.07, 6.45) is 7.87. The van der Waals surface area contributed by atoms with E-state index in [-0.39, 0.29) is 11.3 Å². The van der Waals surface area contributed by atoms with E-state index in [2.05, 4.69) is 47.9 Å². The van der Waals surface area contributed by atoms with Crippen molar-refractivity contribution >= 4 is 5.91 Å². The van der Waals surface area contributed by atoms with Crippen molar-refractivity contribution in [3.63, 3.8) is 0 Å². The largest absolute Gasteiger partial charge is 0.356 e. The third kappa shape index (κ3) is 4.83. The maximum Gasteiger partial charge on any atom is 0.220 e. The lowest BCUT2D eigenvalue weighted by Gasteiger charge is -2.34. The van der Waals surface area contributed by atoms with E-state index in [0.29, 0.717) is 11.8 Å². The molecule has 1 aliphatic carbocycles. The second-order valence-corrected chi connectivity index (χ2v) is 8.17. The lowest BCUT2D eigenvalue weighted by atomic mass is 9.77. The summed E-state index contributed by atoms with van der Waals surface area (Å²) in [6, 6.07) is 10.9. The van der Waals surface area contributed by atoms with Gasteiger partial charge in [0, 0.05) is 13.0 Å². The molecule has 0 bridgehead atoms. The molecule has 3 rings (SSSR count). The number of benzene rings is 1. The van der Waals surface area contributed by atoms with Crippen LogP contribution >= 0.6 is 0 Å². The van der Waals surface area contributed by atoms with E-state index in [1.165, 1.54) is 31.2 Å². The number of carbonyl (C=O) groups is 1. The monoisotopic (exact) mass is 328 g/mol. The Kier molecular flexibility index (Phi) is 5.94. The Hall–Kier alpha value is -1.35. The SMILES string of the molecule is CC1(CNC(=O)CC2CCC(c3ccccc3)CC2)CCNCC1. The van der Waals surface area contributed by atoms with Gasteiger partial charge in [0.25, 0.3) is 0 Å². The Morgan fingerprint density at radius 1 is 1.12 bits per heavy atom. The van der Waals surface area contributed by atoms with Crippen LogP contribution in [0.5, 0.6) is 0 Å². The molecule has 3 heteroatoms. The summed E-state index contributed by atoms with van der Waals surface area (Å²) in [4.78, 5) is 12.3. The fraction of sp³-hybridized carbons (Fsp3) is 0.667. The molecule has 0 spiro atoms. The summed E-state index contributed by atoms with van der Waals surface area (Å²) in [5.74, 6) is 1.53. The zero-order valence-corrected chi connectivity index (χ0v) is 15.0. The second kappa shape index (κ2) is 8.15. The Morgan fingerprint density at radius 3 is 2.46 bits per heavy atom. The molecule has 1 aromatic carbocycles. The first-order valence-corrected chi connectivity index (χ1v) is 9.67. The topological polar surface area (TPSA) is 41.1 Å². The van der Waals surface area contributed by atoms with Crippen molar-refractivity contribution < 1.29 is 4.79 Å². The molecule has 0 radical (unpaired) electrons. The minimum atomic E-state index is 0.262. The van der Waals surface area contributed by atoms with Gasteiger partial charge in [-0.1, -0.05) is 37.3 Å². The molecule has 1 aliphatic heterocycles. The van der Waals surface area contributed by atoms with Gasteiger partial charge in [0.1, 0.15) is 0 Å². The lowest BCUT2D eigenvalue weighted by molar-refractivity contribution is -0.122. The van der Waals surface area contributed by atoms with Crippen LogP contribution in [0.25, 0.3) is 0 Å². The van der Waals surface area contributed by atoms with Gasteiger partial charge in [-0.05, 0) is 74.4 Å². The number of hydrogen-bond donors (Lipinski definition) is 2. The van der Waals surface area contributed by atoms with E-state index in [4.69, 9.17) is 0 Å². The minimum absolute atomic E-state index is 0.262. The Balaban J connectivity index is 1.38. The van der Waals surface area contributed by atoms with Gasteiger partial charge in [-0.3, -0.25) is 4.79 Å². The molecule has 0 aromatic heterocycles. The molecular weight excluding hydrogens is 296 g/mol. The van der Waals surface area contributed by atoms with Crippen molar-refractivity contribution in [2.45, 2.75) is 57.8 Å². The van der Waals surface area contributed by atoms with Crippen molar-refractivity contribution in [1.29, 1.82) is 0 Å². The van der Waals surface area contributed by atoms with Gasteiger partial charge in [0.05, 0.1) is 0 Å². The third-order valence-corrected chi connectivity index (χ3v) is 6.11. The van der Waals surface area contributed by atoms with E-state index in [9.17, 15) is 4.79 Å². The van der Waals surface area contributed by atoms with Crippen LogP contribution in [0.1, 0.15) is 63.4 Å². The van der Waals surface area contributed by atoms with Gasteiger partial charge in [0.2, 0.25) is 5.91 Å². The number of hydrogen-bond acceptors (Lipinski definition) is 2. The maximum atomic E-state index is 12.3. The number of amides is 1. The number of rotatable bonds is 5. The highest BCUT2D eigenvalue weighted by Gasteiger charge is 2.28. The van der Waals surface area contributed by atoms with E-state index in [1.54, 1.807) is 0 Å². The lowest BCUT2D eigenvalue weighted by Crippen LogP contribution is -2.43. The zero-order chi connectivity index (χ0) is 16.8. The molecule has 0 unspecified atom stereocenters. The maximum absolute atomic E-state index is 12.3. The molecule has 1 heterocycles. The smallest absolute Gasteiger partial charge is 0.220 e. The summed E-state index contributed by atoms with van der Waals surface area (Å²) >= 11 is 0. The Morgan fingerprint density at radius 2 is 1.79 bits per heavy atom. The molecule has 2 fully saturated rings. The van der Waals surface area contributed by atoms with Gasteiger partial charge in [-0.15, -0.1) is 0 Å². The van der Waals surface area contributed by atoms with Crippen molar-refractivity contribution in [2.24, 2.45) is 11.3 Å². The van der Waals surface area contributed by atoms with Crippen LogP contribution in [-0.2, 0) is 4.79 Å². The van der Waals surface area contributed by atoms with Crippen molar-refractivity contribution in [2.75, 3.05) is 19.6 Å². The number of carbonyl (C=O) groups excluding carboxylic acids is 1. The standard InChI is InChI=1S/C21H32N2O/c1-21(11-13-22-14-12-21)16-23-20(24)15-17-7-9-19(10-8-17)18-5-3-2-4-6-18/h2-6,17,19,22H,7-16H2,1H3,(H,23,24). The molecular formula is C21H32N2O. The first-order valence-electron chi connectivity index (χ1n) is 9.67. The quantitative estimate of drug-likeness (QED) is 0.862. The summed E-state index contributed by atoms with van der Waals surface area (Å²) in [7, 11) is 0. The summed E-state index contributed by atoms with van der Waals surface area (Å²) in [6.45, 7) is 5.30. The average molecular weight is 329 g/mol. The predicted molar refractivity (Wildman–Crippen MR) is 99.0 cm³/mol. The number of nitrogens with one attached hydrogen (secondary N) is 2. The first kappa shape index (κ1) is 17.5. The Bertz CT molecular complexity index is 514. The van der Waals surface area contributed by atoms with Crippen LogP contribution in [0, 0.1) is 11.3 Å². The summed E-state index contributed by atoms with van der Waals surface area (Å²) in [5, 5.41) is 6.61. The molecule has 3 nitrogen and oxygen atoms in total. The first-order chi connectivity index (χ1) is 11.6. The van der Waals surface area contributed by atoms with Crippen LogP contribution in [0.4, 0.5) is 0 Å². The van der Waals surface area contributed by atoms with Gasteiger partial charge in [-0.25, -0.2) is 0 Å². The highest BCUT2D eigenvalue weighted by atomic mass is 16.1. The van der Waals surface area contributed by atoms with E-state index < -0.39 is 0 Å². The third-order valence-electron chi connectivity index (χ3n) is 6.11. The molecule has 1 saturated carbocycles. The molecule has 2 aliphatic rings. The normalized spacial score (nSPS) is 26.7. The van der Waals surface area contributed by atoms with Crippen LogP contribution in [0.15, 0.2) is 30.3 Å². The average Bonchev–Trinajstić information content (AvgIpc) is 2.62. The molecule has 1 saturated heterocycles. The minimum Gasteiger partial charge on any atom is -0.356 e. The molecule has 1 amide bonds. The van der Waals surface area contributed by atoms with Gasteiger partial charge in [0.15, 0.2) is 0 Å². The molecule has 1 aromatic rings. The molecule has 0 atom stereocenters. The second-order valence-electron chi connectivity index (χ2n) is 8.17. The van der Waals surface area contributed by atoms with Gasteiger partial charge < -0.3 is 10.6 Å². The van der Waals surface area contributed by atoms with Crippen molar-refractivity contribution in [3.8, 4) is 0 Å². The van der Waals surface area contributed by atoms with E-state index >= 15 is 0 Å². The molecule has 132 valence electrons.